The lowest BCUT2D eigenvalue weighted by Gasteiger charge is -2.21. The van der Waals surface area contributed by atoms with Gasteiger partial charge < -0.3 is 9.32 Å². The summed E-state index contributed by atoms with van der Waals surface area (Å²) in [6.45, 7) is 2.53. The van der Waals surface area contributed by atoms with Crippen LogP contribution in [0.4, 0.5) is 11.4 Å². The lowest BCUT2D eigenvalue weighted by molar-refractivity contribution is 0.527. The quantitative estimate of drug-likeness (QED) is 0.676. The molecule has 0 spiro atoms. The van der Waals surface area contributed by atoms with Crippen LogP contribution in [0.1, 0.15) is 18.4 Å². The van der Waals surface area contributed by atoms with E-state index in [-0.39, 0.29) is 10.5 Å². The highest BCUT2D eigenvalue weighted by Crippen LogP contribution is 2.36. The highest BCUT2D eigenvalue weighted by atomic mass is 32.2. The van der Waals surface area contributed by atoms with Gasteiger partial charge in [0, 0.05) is 38.4 Å². The van der Waals surface area contributed by atoms with Gasteiger partial charge in [0.1, 0.15) is 0 Å². The largest absolute Gasteiger partial charge is 0.419 e. The number of hydrogen-bond donors (Lipinski definition) is 0. The topological polar surface area (TPSA) is 75.8 Å². The lowest BCUT2D eigenvalue weighted by atomic mass is 10.1. The number of hydrogen-bond acceptors (Lipinski definition) is 5. The van der Waals surface area contributed by atoms with Crippen molar-refractivity contribution in [3.8, 4) is 0 Å². The molecule has 3 aromatic rings. The zero-order chi connectivity index (χ0) is 19.5. The van der Waals surface area contributed by atoms with Crippen LogP contribution >= 0.6 is 0 Å². The Kier molecular flexibility index (Phi) is 3.80. The number of oxazole rings is 1. The van der Waals surface area contributed by atoms with Gasteiger partial charge in [0.15, 0.2) is 5.58 Å². The number of aryl methyl sites for hydroxylation is 1. The Hall–Kier alpha value is -2.74. The van der Waals surface area contributed by atoms with Crippen molar-refractivity contribution in [1.82, 2.24) is 4.57 Å². The molecule has 2 aromatic carbocycles. The van der Waals surface area contributed by atoms with Gasteiger partial charge in [-0.15, -0.1) is 0 Å². The molecular formula is C20H21N3O4S. The minimum absolute atomic E-state index is 0.130. The van der Waals surface area contributed by atoms with Crippen molar-refractivity contribution in [2.75, 3.05) is 28.8 Å². The molecular weight excluding hydrogens is 378 g/mol. The number of benzene rings is 2. The Bertz CT molecular complexity index is 1240. The Labute approximate surface area is 162 Å². The number of rotatable bonds is 3. The lowest BCUT2D eigenvalue weighted by Crippen LogP contribution is -2.29. The molecule has 0 aliphatic carbocycles. The van der Waals surface area contributed by atoms with Gasteiger partial charge in [-0.2, -0.15) is 0 Å². The van der Waals surface area contributed by atoms with E-state index in [1.807, 2.05) is 12.1 Å². The number of aromatic nitrogens is 1. The van der Waals surface area contributed by atoms with E-state index < -0.39 is 15.8 Å². The molecule has 5 rings (SSSR count). The highest BCUT2D eigenvalue weighted by Gasteiger charge is 2.32. The third-order valence-corrected chi connectivity index (χ3v) is 7.55. The van der Waals surface area contributed by atoms with Gasteiger partial charge in [-0.05, 0) is 55.2 Å². The van der Waals surface area contributed by atoms with Crippen molar-refractivity contribution in [3.05, 3.63) is 52.5 Å². The minimum atomic E-state index is -3.73. The van der Waals surface area contributed by atoms with Crippen LogP contribution in [0.5, 0.6) is 0 Å². The van der Waals surface area contributed by atoms with E-state index in [1.54, 1.807) is 13.1 Å². The molecule has 2 aliphatic heterocycles. The molecule has 28 heavy (non-hydrogen) atoms. The van der Waals surface area contributed by atoms with Crippen LogP contribution in [0, 0.1) is 0 Å². The van der Waals surface area contributed by atoms with Gasteiger partial charge in [-0.25, -0.2) is 13.2 Å². The molecule has 7 nitrogen and oxygen atoms in total. The molecule has 0 bridgehead atoms. The summed E-state index contributed by atoms with van der Waals surface area (Å²) in [6, 6.07) is 10.6. The molecule has 146 valence electrons. The van der Waals surface area contributed by atoms with E-state index in [4.69, 9.17) is 4.42 Å². The Morgan fingerprint density at radius 3 is 2.57 bits per heavy atom. The van der Waals surface area contributed by atoms with Gasteiger partial charge in [-0.1, -0.05) is 0 Å². The zero-order valence-electron chi connectivity index (χ0n) is 15.6. The summed E-state index contributed by atoms with van der Waals surface area (Å²) < 4.78 is 34.5. The maximum absolute atomic E-state index is 13.3. The van der Waals surface area contributed by atoms with E-state index in [1.165, 1.54) is 39.5 Å². The predicted molar refractivity (Wildman–Crippen MR) is 108 cm³/mol. The third-order valence-electron chi connectivity index (χ3n) is 5.74. The fourth-order valence-electron chi connectivity index (χ4n) is 4.18. The summed E-state index contributed by atoms with van der Waals surface area (Å²) in [5, 5.41) is 0. The molecule has 0 N–H and O–H groups in total. The first-order valence-electron chi connectivity index (χ1n) is 9.45. The number of anilines is 2. The fourth-order valence-corrected chi connectivity index (χ4v) is 5.70. The van der Waals surface area contributed by atoms with Crippen molar-refractivity contribution in [2.45, 2.75) is 24.2 Å². The second-order valence-corrected chi connectivity index (χ2v) is 9.25. The van der Waals surface area contributed by atoms with Crippen molar-refractivity contribution >= 4 is 32.5 Å². The summed E-state index contributed by atoms with van der Waals surface area (Å²) in [5.41, 5.74) is 3.80. The number of fused-ring (bicyclic) bond motifs is 2. The van der Waals surface area contributed by atoms with Crippen molar-refractivity contribution in [2.24, 2.45) is 7.05 Å². The number of nitrogens with zero attached hydrogens (tertiary/aromatic N) is 3. The molecule has 2 aliphatic rings. The smallest absolute Gasteiger partial charge is 0.408 e. The van der Waals surface area contributed by atoms with Crippen LogP contribution in [0.2, 0.25) is 0 Å². The van der Waals surface area contributed by atoms with Crippen LogP contribution in [-0.4, -0.2) is 32.6 Å². The second kappa shape index (κ2) is 6.13. The predicted octanol–water partition coefficient (Wildman–Crippen LogP) is 2.48. The fraction of sp³-hybridized carbons (Fsp3) is 0.350. The second-order valence-electron chi connectivity index (χ2n) is 7.39. The summed E-state index contributed by atoms with van der Waals surface area (Å²) >= 11 is 0. The SMILES string of the molecule is Cn1c(=O)oc2cc(S(=O)(=O)N3CCc4cc(N5CCCC5)ccc43)ccc21. The highest BCUT2D eigenvalue weighted by molar-refractivity contribution is 7.92. The van der Waals surface area contributed by atoms with E-state index in [2.05, 4.69) is 11.0 Å². The van der Waals surface area contributed by atoms with Gasteiger partial charge in [-0.3, -0.25) is 8.87 Å². The average Bonchev–Trinajstić information content (AvgIpc) is 3.41. The molecule has 1 saturated heterocycles. The molecule has 8 heteroatoms. The molecule has 0 unspecified atom stereocenters. The molecule has 0 amide bonds. The molecule has 0 radical (unpaired) electrons. The maximum Gasteiger partial charge on any atom is 0.419 e. The summed E-state index contributed by atoms with van der Waals surface area (Å²) in [4.78, 5) is 14.2. The average molecular weight is 399 g/mol. The molecule has 1 fully saturated rings. The monoisotopic (exact) mass is 399 g/mol. The molecule has 1 aromatic heterocycles. The Balaban J connectivity index is 1.52. The first-order valence-corrected chi connectivity index (χ1v) is 10.9. The van der Waals surface area contributed by atoms with E-state index in [9.17, 15) is 13.2 Å². The van der Waals surface area contributed by atoms with Crippen LogP contribution in [-0.2, 0) is 23.5 Å². The molecule has 3 heterocycles. The zero-order valence-corrected chi connectivity index (χ0v) is 16.4. The standard InChI is InChI=1S/C20H21N3O4S/c1-21-18-7-5-16(13-19(18)27-20(21)24)28(25,26)23-11-8-14-12-15(4-6-17(14)23)22-9-2-3-10-22/h4-7,12-13H,2-3,8-11H2,1H3. The number of sulfonamides is 1. The van der Waals surface area contributed by atoms with E-state index >= 15 is 0 Å². The van der Waals surface area contributed by atoms with Crippen LogP contribution < -0.4 is 15.0 Å². The van der Waals surface area contributed by atoms with Crippen molar-refractivity contribution in [1.29, 1.82) is 0 Å². The van der Waals surface area contributed by atoms with E-state index in [0.29, 0.717) is 18.5 Å². The maximum atomic E-state index is 13.3. The first-order chi connectivity index (χ1) is 13.4. The Morgan fingerprint density at radius 1 is 1.00 bits per heavy atom. The van der Waals surface area contributed by atoms with Crippen molar-refractivity contribution < 1.29 is 12.8 Å². The van der Waals surface area contributed by atoms with Gasteiger partial charge >= 0.3 is 5.76 Å². The van der Waals surface area contributed by atoms with Gasteiger partial charge in [0.25, 0.3) is 10.0 Å². The third kappa shape index (κ3) is 2.55. The van der Waals surface area contributed by atoms with Crippen LogP contribution in [0.15, 0.2) is 50.5 Å². The molecule has 0 saturated carbocycles. The minimum Gasteiger partial charge on any atom is -0.408 e. The van der Waals surface area contributed by atoms with E-state index in [0.717, 1.165) is 24.3 Å². The first kappa shape index (κ1) is 17.4. The van der Waals surface area contributed by atoms with Crippen LogP contribution in [0.3, 0.4) is 0 Å². The summed E-state index contributed by atoms with van der Waals surface area (Å²) in [6.07, 6.45) is 3.10. The Morgan fingerprint density at radius 2 is 1.79 bits per heavy atom. The van der Waals surface area contributed by atoms with Crippen LogP contribution in [0.25, 0.3) is 11.1 Å². The summed E-state index contributed by atoms with van der Waals surface area (Å²) in [7, 11) is -2.14. The van der Waals surface area contributed by atoms with Crippen molar-refractivity contribution in [3.63, 3.8) is 0 Å². The van der Waals surface area contributed by atoms with Gasteiger partial charge in [0.05, 0.1) is 16.1 Å². The normalized spacial score (nSPS) is 16.9. The van der Waals surface area contributed by atoms with Gasteiger partial charge in [0.2, 0.25) is 0 Å². The summed E-state index contributed by atoms with van der Waals surface area (Å²) in [5.74, 6) is -0.509. The molecule has 0 atom stereocenters.